The van der Waals surface area contributed by atoms with Gasteiger partial charge in [0.05, 0.1) is 11.0 Å². The van der Waals surface area contributed by atoms with Gasteiger partial charge in [-0.2, -0.15) is 0 Å². The zero-order chi connectivity index (χ0) is 30.8. The Morgan fingerprint density at radius 1 is 0.886 bits per heavy atom. The molecular formula is C34H46N6O4. The standard InChI is InChI=1S/C34H46N6O4/c1-23-20-25(21-24(2)31(23)41)22-29(32(42)38-16-10-26(11-17-38)37-14-6-3-7-15-37)36-33(43)39-18-12-27(13-19-39)40-30-9-5-4-8-28(30)35-34(40)44/h4-5,8-9,20-21,26-27,29,41H,3,6-7,10-19,22H2,1-2H3,(H,35,44)(H,36,43). The van der Waals surface area contributed by atoms with Gasteiger partial charge in [-0.15, -0.1) is 0 Å². The van der Waals surface area contributed by atoms with Crippen molar-refractivity contribution in [1.82, 2.24) is 29.6 Å². The molecule has 10 heteroatoms. The van der Waals surface area contributed by atoms with Crippen LogP contribution in [-0.4, -0.2) is 92.6 Å². The largest absolute Gasteiger partial charge is 0.507 e. The van der Waals surface area contributed by atoms with Gasteiger partial charge in [0, 0.05) is 44.7 Å². The van der Waals surface area contributed by atoms with Crippen LogP contribution in [0.3, 0.4) is 0 Å². The number of aromatic nitrogens is 2. The molecule has 3 saturated heterocycles. The maximum absolute atomic E-state index is 14.0. The van der Waals surface area contributed by atoms with Crippen molar-refractivity contribution in [3.05, 3.63) is 63.6 Å². The Hall–Kier alpha value is -3.79. The third kappa shape index (κ3) is 6.36. The molecule has 2 aromatic carbocycles. The minimum atomic E-state index is -0.702. The van der Waals surface area contributed by atoms with Crippen molar-refractivity contribution < 1.29 is 14.7 Å². The molecule has 0 saturated carbocycles. The summed E-state index contributed by atoms with van der Waals surface area (Å²) in [5, 5.41) is 13.4. The molecule has 1 aromatic heterocycles. The van der Waals surface area contributed by atoms with Gasteiger partial charge in [0.1, 0.15) is 11.8 Å². The van der Waals surface area contributed by atoms with Crippen molar-refractivity contribution in [2.45, 2.75) is 83.3 Å². The van der Waals surface area contributed by atoms with Crippen molar-refractivity contribution in [1.29, 1.82) is 0 Å². The number of aromatic hydroxyl groups is 1. The summed E-state index contributed by atoms with van der Waals surface area (Å²) >= 11 is 0. The predicted octanol–water partition coefficient (Wildman–Crippen LogP) is 4.09. The first-order chi connectivity index (χ1) is 21.3. The number of piperidine rings is 3. The number of carbonyl (C=O) groups is 2. The summed E-state index contributed by atoms with van der Waals surface area (Å²) < 4.78 is 1.82. The average molecular weight is 603 g/mol. The van der Waals surface area contributed by atoms with E-state index in [2.05, 4.69) is 15.2 Å². The number of H-pyrrole nitrogens is 1. The minimum absolute atomic E-state index is 0.00396. The number of urea groups is 1. The molecule has 3 N–H and O–H groups in total. The van der Waals surface area contributed by atoms with Crippen LogP contribution in [0.5, 0.6) is 5.75 Å². The molecule has 0 aliphatic carbocycles. The Labute approximate surface area is 259 Å². The predicted molar refractivity (Wildman–Crippen MR) is 171 cm³/mol. The number of likely N-dealkylation sites (tertiary alicyclic amines) is 3. The fraction of sp³-hybridized carbons (Fsp3) is 0.559. The SMILES string of the molecule is Cc1cc(CC(NC(=O)N2CCC(n3c(=O)[nH]c4ccccc43)CC2)C(=O)N2CCC(N3CCCCC3)CC2)cc(C)c1O. The number of carbonyl (C=O) groups excluding carboxylic acids is 2. The molecule has 3 amide bonds. The summed E-state index contributed by atoms with van der Waals surface area (Å²) in [6.45, 7) is 8.43. The van der Waals surface area contributed by atoms with Gasteiger partial charge in [0.2, 0.25) is 5.91 Å². The number of fused-ring (bicyclic) bond motifs is 1. The molecule has 3 fully saturated rings. The molecule has 0 radical (unpaired) electrons. The van der Waals surface area contributed by atoms with Gasteiger partial charge in [0.15, 0.2) is 0 Å². The highest BCUT2D eigenvalue weighted by Crippen LogP contribution is 2.27. The fourth-order valence-corrected chi connectivity index (χ4v) is 7.56. The highest BCUT2D eigenvalue weighted by Gasteiger charge is 2.34. The van der Waals surface area contributed by atoms with Gasteiger partial charge in [-0.3, -0.25) is 9.36 Å². The van der Waals surface area contributed by atoms with Crippen LogP contribution in [0.15, 0.2) is 41.2 Å². The zero-order valence-electron chi connectivity index (χ0n) is 26.1. The summed E-state index contributed by atoms with van der Waals surface area (Å²) in [5.74, 6) is 0.219. The van der Waals surface area contributed by atoms with Crippen LogP contribution < -0.4 is 11.0 Å². The van der Waals surface area contributed by atoms with Crippen molar-refractivity contribution in [2.24, 2.45) is 0 Å². The quantitative estimate of drug-likeness (QED) is 0.394. The van der Waals surface area contributed by atoms with Crippen molar-refractivity contribution >= 4 is 23.0 Å². The highest BCUT2D eigenvalue weighted by molar-refractivity contribution is 5.87. The van der Waals surface area contributed by atoms with Gasteiger partial charge in [0.25, 0.3) is 0 Å². The number of phenols is 1. The van der Waals surface area contributed by atoms with Crippen LogP contribution in [0.25, 0.3) is 11.0 Å². The third-order valence-electron chi connectivity index (χ3n) is 10.0. The van der Waals surface area contributed by atoms with E-state index in [1.165, 1.54) is 19.3 Å². The second-order valence-corrected chi connectivity index (χ2v) is 13.0. The summed E-state index contributed by atoms with van der Waals surface area (Å²) in [6, 6.07) is 11.1. The maximum Gasteiger partial charge on any atom is 0.326 e. The molecule has 3 aliphatic rings. The summed E-state index contributed by atoms with van der Waals surface area (Å²) in [5.41, 5.74) is 4.01. The summed E-state index contributed by atoms with van der Waals surface area (Å²) in [6.07, 6.45) is 7.44. The lowest BCUT2D eigenvalue weighted by molar-refractivity contribution is -0.134. The number of nitrogens with zero attached hydrogens (tertiary/aromatic N) is 4. The van der Waals surface area contributed by atoms with Gasteiger partial charge < -0.3 is 30.1 Å². The Morgan fingerprint density at radius 2 is 1.50 bits per heavy atom. The van der Waals surface area contributed by atoms with Gasteiger partial charge >= 0.3 is 11.7 Å². The van der Waals surface area contributed by atoms with Crippen LogP contribution in [0, 0.1) is 13.8 Å². The van der Waals surface area contributed by atoms with Gasteiger partial charge in [-0.1, -0.05) is 30.7 Å². The van der Waals surface area contributed by atoms with Crippen LogP contribution in [0.4, 0.5) is 4.79 Å². The number of para-hydroxylation sites is 2. The van der Waals surface area contributed by atoms with Gasteiger partial charge in [-0.25, -0.2) is 9.59 Å². The molecular weight excluding hydrogens is 556 g/mol. The number of aromatic amines is 1. The molecule has 44 heavy (non-hydrogen) atoms. The van der Waals surface area contributed by atoms with Crippen molar-refractivity contribution in [3.8, 4) is 5.75 Å². The monoisotopic (exact) mass is 602 g/mol. The Bertz CT molecular complexity index is 1520. The van der Waals surface area contributed by atoms with Crippen LogP contribution in [-0.2, 0) is 11.2 Å². The average Bonchev–Trinajstić information content (AvgIpc) is 3.39. The van der Waals surface area contributed by atoms with E-state index in [0.717, 1.165) is 53.7 Å². The second kappa shape index (κ2) is 13.1. The number of phenolic OH excluding ortho intramolecular Hbond substituents is 1. The number of rotatable bonds is 6. The van der Waals surface area contributed by atoms with Crippen LogP contribution in [0.1, 0.15) is 67.7 Å². The number of benzene rings is 2. The van der Waals surface area contributed by atoms with Crippen LogP contribution in [0.2, 0.25) is 0 Å². The molecule has 0 bridgehead atoms. The van der Waals surface area contributed by atoms with E-state index < -0.39 is 6.04 Å². The molecule has 10 nitrogen and oxygen atoms in total. The fourth-order valence-electron chi connectivity index (χ4n) is 7.56. The van der Waals surface area contributed by atoms with E-state index >= 15 is 0 Å². The topological polar surface area (TPSA) is 114 Å². The molecule has 1 atom stereocenters. The summed E-state index contributed by atoms with van der Waals surface area (Å²) in [7, 11) is 0. The van der Waals surface area contributed by atoms with E-state index in [0.29, 0.717) is 51.5 Å². The molecule has 3 aliphatic heterocycles. The number of hydrogen-bond donors (Lipinski definition) is 3. The molecule has 1 unspecified atom stereocenters. The highest BCUT2D eigenvalue weighted by atomic mass is 16.3. The van der Waals surface area contributed by atoms with Gasteiger partial charge in [-0.05, 0) is 94.3 Å². The number of aryl methyl sites for hydroxylation is 2. The van der Waals surface area contributed by atoms with Crippen molar-refractivity contribution in [3.63, 3.8) is 0 Å². The maximum atomic E-state index is 14.0. The molecule has 0 spiro atoms. The lowest BCUT2D eigenvalue weighted by atomic mass is 9.97. The van der Waals surface area contributed by atoms with E-state index in [1.54, 1.807) is 4.90 Å². The normalized spacial score (nSPS) is 19.8. The van der Waals surface area contributed by atoms with E-state index in [1.807, 2.05) is 59.7 Å². The lowest BCUT2D eigenvalue weighted by Gasteiger charge is -2.41. The van der Waals surface area contributed by atoms with Crippen LogP contribution >= 0.6 is 0 Å². The molecule has 236 valence electrons. The first-order valence-corrected chi connectivity index (χ1v) is 16.3. The molecule has 3 aromatic rings. The number of nitrogens with one attached hydrogen (secondary N) is 2. The number of hydrogen-bond acceptors (Lipinski definition) is 5. The molecule has 4 heterocycles. The number of amides is 3. The first-order valence-electron chi connectivity index (χ1n) is 16.3. The Kier molecular flexibility index (Phi) is 8.98. The lowest BCUT2D eigenvalue weighted by Crippen LogP contribution is -2.56. The van der Waals surface area contributed by atoms with E-state index in [4.69, 9.17) is 0 Å². The molecule has 6 rings (SSSR count). The van der Waals surface area contributed by atoms with E-state index in [9.17, 15) is 19.5 Å². The minimum Gasteiger partial charge on any atom is -0.507 e. The zero-order valence-corrected chi connectivity index (χ0v) is 26.1. The Morgan fingerprint density at radius 3 is 2.18 bits per heavy atom. The van der Waals surface area contributed by atoms with E-state index in [-0.39, 0.29) is 29.4 Å². The summed E-state index contributed by atoms with van der Waals surface area (Å²) in [4.78, 5) is 49.6. The Balaban J connectivity index is 1.13. The second-order valence-electron chi connectivity index (χ2n) is 13.0. The van der Waals surface area contributed by atoms with Crippen molar-refractivity contribution in [2.75, 3.05) is 39.3 Å². The first kappa shape index (κ1) is 30.2. The smallest absolute Gasteiger partial charge is 0.326 e. The number of imidazole rings is 1. The third-order valence-corrected chi connectivity index (χ3v) is 10.0.